The van der Waals surface area contributed by atoms with E-state index >= 15 is 0 Å². The second kappa shape index (κ2) is 9.61. The molecular formula is C23H28FN3O3. The summed E-state index contributed by atoms with van der Waals surface area (Å²) in [6.07, 6.45) is 0. The van der Waals surface area contributed by atoms with Crippen LogP contribution in [0.5, 0.6) is 5.75 Å². The van der Waals surface area contributed by atoms with E-state index in [1.165, 1.54) is 24.3 Å². The zero-order chi connectivity index (χ0) is 21.7. The number of anilines is 1. The number of rotatable bonds is 6. The first-order valence-corrected chi connectivity index (χ1v) is 10.1. The van der Waals surface area contributed by atoms with Gasteiger partial charge in [-0.2, -0.15) is 0 Å². The lowest BCUT2D eigenvalue weighted by Crippen LogP contribution is -2.56. The highest BCUT2D eigenvalue weighted by molar-refractivity contribution is 5.97. The summed E-state index contributed by atoms with van der Waals surface area (Å²) >= 11 is 0. The minimum Gasteiger partial charge on any atom is -0.497 e. The molecule has 1 aliphatic rings. The summed E-state index contributed by atoms with van der Waals surface area (Å²) in [5, 5.41) is 2.82. The van der Waals surface area contributed by atoms with Crippen LogP contribution in [-0.2, 0) is 4.79 Å². The van der Waals surface area contributed by atoms with Crippen LogP contribution in [-0.4, -0.2) is 56.0 Å². The Bertz CT molecular complexity index is 878. The molecule has 0 bridgehead atoms. The third-order valence-corrected chi connectivity index (χ3v) is 5.34. The fourth-order valence-corrected chi connectivity index (χ4v) is 3.53. The van der Waals surface area contributed by atoms with Crippen molar-refractivity contribution in [1.29, 1.82) is 0 Å². The van der Waals surface area contributed by atoms with Crippen LogP contribution in [0.4, 0.5) is 10.1 Å². The van der Waals surface area contributed by atoms with Gasteiger partial charge in [0.05, 0.1) is 7.11 Å². The molecule has 0 radical (unpaired) electrons. The van der Waals surface area contributed by atoms with Crippen molar-refractivity contribution in [3.63, 3.8) is 0 Å². The quantitative estimate of drug-likeness (QED) is 0.791. The molecule has 7 heteroatoms. The van der Waals surface area contributed by atoms with Gasteiger partial charge >= 0.3 is 0 Å². The number of ether oxygens (including phenoxy) is 1. The number of halogens is 1. The van der Waals surface area contributed by atoms with Crippen molar-refractivity contribution in [3.05, 3.63) is 59.9 Å². The summed E-state index contributed by atoms with van der Waals surface area (Å²) in [6.45, 7) is 6.36. The molecule has 1 fully saturated rings. The van der Waals surface area contributed by atoms with Gasteiger partial charge in [0.1, 0.15) is 17.6 Å². The number of carbonyl (C=O) groups is 2. The Morgan fingerprint density at radius 1 is 1.03 bits per heavy atom. The van der Waals surface area contributed by atoms with Gasteiger partial charge in [0.2, 0.25) is 5.91 Å². The third-order valence-electron chi connectivity index (χ3n) is 5.34. The molecule has 0 unspecified atom stereocenters. The molecule has 1 aliphatic heterocycles. The van der Waals surface area contributed by atoms with Crippen molar-refractivity contribution in [2.75, 3.05) is 38.2 Å². The number of amides is 2. The Morgan fingerprint density at radius 2 is 1.70 bits per heavy atom. The second-order valence-corrected chi connectivity index (χ2v) is 7.72. The van der Waals surface area contributed by atoms with Crippen molar-refractivity contribution in [2.45, 2.75) is 19.9 Å². The average Bonchev–Trinajstić information content (AvgIpc) is 2.77. The molecule has 2 aromatic carbocycles. The van der Waals surface area contributed by atoms with Crippen LogP contribution in [0.1, 0.15) is 24.2 Å². The topological polar surface area (TPSA) is 61.9 Å². The van der Waals surface area contributed by atoms with E-state index in [4.69, 9.17) is 4.74 Å². The molecule has 6 nitrogen and oxygen atoms in total. The smallest absolute Gasteiger partial charge is 0.251 e. The number of methoxy groups -OCH3 is 1. The minimum atomic E-state index is -0.633. The van der Waals surface area contributed by atoms with Crippen LogP contribution < -0.4 is 15.0 Å². The van der Waals surface area contributed by atoms with Gasteiger partial charge in [0.25, 0.3) is 5.91 Å². The zero-order valence-electron chi connectivity index (χ0n) is 17.6. The molecule has 0 saturated carbocycles. The van der Waals surface area contributed by atoms with Gasteiger partial charge in [-0.1, -0.05) is 19.9 Å². The summed E-state index contributed by atoms with van der Waals surface area (Å²) in [5.74, 6) is -0.146. The first-order chi connectivity index (χ1) is 14.4. The molecule has 1 saturated heterocycles. The summed E-state index contributed by atoms with van der Waals surface area (Å²) in [4.78, 5) is 29.7. The van der Waals surface area contributed by atoms with E-state index in [1.807, 2.05) is 38.1 Å². The number of nitrogens with one attached hydrogen (secondary N) is 1. The van der Waals surface area contributed by atoms with E-state index in [0.29, 0.717) is 31.7 Å². The molecule has 0 spiro atoms. The number of hydrogen-bond donors (Lipinski definition) is 1. The molecule has 0 aliphatic carbocycles. The highest BCUT2D eigenvalue weighted by Gasteiger charge is 2.31. The zero-order valence-corrected chi connectivity index (χ0v) is 17.6. The van der Waals surface area contributed by atoms with E-state index in [2.05, 4.69) is 10.2 Å². The number of carbonyl (C=O) groups excluding carboxylic acids is 2. The molecular weight excluding hydrogens is 385 g/mol. The van der Waals surface area contributed by atoms with Gasteiger partial charge in [-0.15, -0.1) is 0 Å². The fourth-order valence-electron chi connectivity index (χ4n) is 3.53. The normalized spacial score (nSPS) is 15.1. The summed E-state index contributed by atoms with van der Waals surface area (Å²) < 4.78 is 18.4. The first-order valence-electron chi connectivity index (χ1n) is 10.1. The van der Waals surface area contributed by atoms with Gasteiger partial charge in [-0.05, 0) is 42.3 Å². The maximum atomic E-state index is 13.1. The molecule has 3 rings (SSSR count). The van der Waals surface area contributed by atoms with Gasteiger partial charge in [-0.25, -0.2) is 4.39 Å². The second-order valence-electron chi connectivity index (χ2n) is 7.72. The average molecular weight is 413 g/mol. The summed E-state index contributed by atoms with van der Waals surface area (Å²) in [6, 6.07) is 12.5. The minimum absolute atomic E-state index is 0.0710. The monoisotopic (exact) mass is 413 g/mol. The maximum absolute atomic E-state index is 13.1. The van der Waals surface area contributed by atoms with Crippen molar-refractivity contribution in [3.8, 4) is 5.75 Å². The van der Waals surface area contributed by atoms with E-state index in [-0.39, 0.29) is 17.7 Å². The van der Waals surface area contributed by atoms with Crippen LogP contribution in [0, 0.1) is 11.7 Å². The van der Waals surface area contributed by atoms with E-state index in [0.717, 1.165) is 11.4 Å². The summed E-state index contributed by atoms with van der Waals surface area (Å²) in [5.41, 5.74) is 1.39. The van der Waals surface area contributed by atoms with Crippen molar-refractivity contribution >= 4 is 17.5 Å². The standard InChI is InChI=1S/C23H28FN3O3/c1-16(2)21(25-22(28)17-7-9-18(24)10-8-17)23(29)27-13-11-26(12-14-27)19-5-4-6-20(15-19)30-3/h4-10,15-16,21H,11-14H2,1-3H3,(H,25,28)/t21-/m0/s1. The largest absolute Gasteiger partial charge is 0.497 e. The summed E-state index contributed by atoms with van der Waals surface area (Å²) in [7, 11) is 1.64. The molecule has 30 heavy (non-hydrogen) atoms. The molecule has 0 aromatic heterocycles. The predicted molar refractivity (Wildman–Crippen MR) is 114 cm³/mol. The van der Waals surface area contributed by atoms with E-state index < -0.39 is 11.9 Å². The van der Waals surface area contributed by atoms with Crippen LogP contribution >= 0.6 is 0 Å². The Hall–Kier alpha value is -3.09. The van der Waals surface area contributed by atoms with Gasteiger partial charge in [-0.3, -0.25) is 9.59 Å². The van der Waals surface area contributed by atoms with E-state index in [1.54, 1.807) is 12.0 Å². The molecule has 1 atom stereocenters. The molecule has 2 amide bonds. The number of hydrogen-bond acceptors (Lipinski definition) is 4. The van der Waals surface area contributed by atoms with Crippen molar-refractivity contribution in [2.24, 2.45) is 5.92 Å². The number of piperazine rings is 1. The molecule has 160 valence electrons. The predicted octanol–water partition coefficient (Wildman–Crippen LogP) is 2.94. The van der Waals surface area contributed by atoms with Crippen molar-refractivity contribution < 1.29 is 18.7 Å². The Labute approximate surface area is 176 Å². The third kappa shape index (κ3) is 5.09. The Balaban J connectivity index is 1.62. The van der Waals surface area contributed by atoms with Crippen LogP contribution in [0.3, 0.4) is 0 Å². The van der Waals surface area contributed by atoms with E-state index in [9.17, 15) is 14.0 Å². The lowest BCUT2D eigenvalue weighted by molar-refractivity contribution is -0.134. The number of benzene rings is 2. The van der Waals surface area contributed by atoms with Gasteiger partial charge in [0.15, 0.2) is 0 Å². The first kappa shape index (κ1) is 21.6. The highest BCUT2D eigenvalue weighted by atomic mass is 19.1. The SMILES string of the molecule is COc1cccc(N2CCN(C(=O)[C@@H](NC(=O)c3ccc(F)cc3)C(C)C)CC2)c1. The lowest BCUT2D eigenvalue weighted by atomic mass is 10.0. The van der Waals surface area contributed by atoms with Gasteiger partial charge in [0, 0.05) is 43.5 Å². The molecule has 1 N–H and O–H groups in total. The fraction of sp³-hybridized carbons (Fsp3) is 0.391. The number of nitrogens with zero attached hydrogens (tertiary/aromatic N) is 2. The lowest BCUT2D eigenvalue weighted by Gasteiger charge is -2.38. The van der Waals surface area contributed by atoms with Crippen molar-refractivity contribution in [1.82, 2.24) is 10.2 Å². The maximum Gasteiger partial charge on any atom is 0.251 e. The van der Waals surface area contributed by atoms with Crippen LogP contribution in [0.25, 0.3) is 0 Å². The molecule has 1 heterocycles. The van der Waals surface area contributed by atoms with Crippen LogP contribution in [0.2, 0.25) is 0 Å². The van der Waals surface area contributed by atoms with Gasteiger partial charge < -0.3 is 19.9 Å². The highest BCUT2D eigenvalue weighted by Crippen LogP contribution is 2.22. The van der Waals surface area contributed by atoms with Crippen LogP contribution in [0.15, 0.2) is 48.5 Å². The Morgan fingerprint density at radius 3 is 2.30 bits per heavy atom. The Kier molecular flexibility index (Phi) is 6.92. The molecule has 2 aromatic rings.